The molecule has 4 aromatic rings. The number of aromatic nitrogens is 3. The summed E-state index contributed by atoms with van der Waals surface area (Å²) in [5.41, 5.74) is 0.643. The molecule has 0 radical (unpaired) electrons. The number of carboxylic acids is 1. The van der Waals surface area contributed by atoms with Crippen LogP contribution >= 0.6 is 23.4 Å². The van der Waals surface area contributed by atoms with Crippen LogP contribution in [0.2, 0.25) is 5.02 Å². The van der Waals surface area contributed by atoms with E-state index in [9.17, 15) is 32.7 Å². The standard InChI is InChI=1S/C27H18ClF3N4O4S/c28-18-6-5-16(20(11-18)27(29,30)31)14-34-21-7-4-15(9-17(21)13-33-34)10-23-24(36)35(26(39)40-23)22(25(37)38)12-19-3-1-2-8-32-19/h1-11,13,22H,12,14H2,(H,37,38)/b23-10-. The Bertz CT molecular complexity index is 1670. The van der Waals surface area contributed by atoms with Crippen molar-refractivity contribution in [2.45, 2.75) is 25.2 Å². The molecule has 1 N–H and O–H groups in total. The predicted molar refractivity (Wildman–Crippen MR) is 142 cm³/mol. The number of benzene rings is 2. The maximum absolute atomic E-state index is 13.5. The SMILES string of the molecule is O=C(O)C(Cc1ccccn1)N1C(=O)S/C(=C\c2ccc3c(cnn3Cc3ccc(Cl)cc3C(F)(F)F)c2)C1=O. The molecule has 2 amide bonds. The quantitative estimate of drug-likeness (QED) is 0.269. The molecule has 1 aliphatic heterocycles. The number of imide groups is 1. The van der Waals surface area contributed by atoms with Crippen LogP contribution in [0.3, 0.4) is 0 Å². The molecule has 2 aromatic heterocycles. The van der Waals surface area contributed by atoms with Crippen LogP contribution in [0.25, 0.3) is 17.0 Å². The topological polar surface area (TPSA) is 105 Å². The zero-order valence-electron chi connectivity index (χ0n) is 20.3. The fourth-order valence-corrected chi connectivity index (χ4v) is 5.39. The smallest absolute Gasteiger partial charge is 0.416 e. The summed E-state index contributed by atoms with van der Waals surface area (Å²) in [5.74, 6) is -2.08. The van der Waals surface area contributed by atoms with E-state index in [-0.39, 0.29) is 28.5 Å². The molecule has 13 heteroatoms. The highest BCUT2D eigenvalue weighted by molar-refractivity contribution is 8.18. The molecule has 0 aliphatic carbocycles. The predicted octanol–water partition coefficient (Wildman–Crippen LogP) is 5.88. The van der Waals surface area contributed by atoms with E-state index in [1.165, 1.54) is 35.3 Å². The number of hydrogen-bond donors (Lipinski definition) is 1. The van der Waals surface area contributed by atoms with Crippen LogP contribution in [-0.4, -0.2) is 47.9 Å². The van der Waals surface area contributed by atoms with Gasteiger partial charge in [-0.3, -0.25) is 24.2 Å². The van der Waals surface area contributed by atoms with Crippen molar-refractivity contribution in [1.82, 2.24) is 19.7 Å². The van der Waals surface area contributed by atoms with Crippen LogP contribution in [0, 0.1) is 0 Å². The van der Waals surface area contributed by atoms with Crippen molar-refractivity contribution >= 4 is 57.5 Å². The number of carbonyl (C=O) groups excluding carboxylic acids is 2. The highest BCUT2D eigenvalue weighted by atomic mass is 35.5. The Morgan fingerprint density at radius 1 is 1.12 bits per heavy atom. The molecule has 1 unspecified atom stereocenters. The molecular weight excluding hydrogens is 569 g/mol. The second kappa shape index (κ2) is 10.8. The highest BCUT2D eigenvalue weighted by Crippen LogP contribution is 2.36. The van der Waals surface area contributed by atoms with Gasteiger partial charge >= 0.3 is 12.1 Å². The zero-order valence-corrected chi connectivity index (χ0v) is 21.9. The Kier molecular flexibility index (Phi) is 7.39. The summed E-state index contributed by atoms with van der Waals surface area (Å²) < 4.78 is 42.0. The zero-order chi connectivity index (χ0) is 28.6. The first-order valence-electron chi connectivity index (χ1n) is 11.7. The van der Waals surface area contributed by atoms with Crippen LogP contribution in [0.1, 0.15) is 22.4 Å². The number of aliphatic carboxylic acids is 1. The Labute approximate surface area is 234 Å². The first kappa shape index (κ1) is 27.4. The Morgan fingerprint density at radius 2 is 1.93 bits per heavy atom. The number of pyridine rings is 1. The number of alkyl halides is 3. The summed E-state index contributed by atoms with van der Waals surface area (Å²) in [6, 6.07) is 12.0. The summed E-state index contributed by atoms with van der Waals surface area (Å²) in [5, 5.41) is 13.8. The maximum atomic E-state index is 13.5. The molecule has 5 rings (SSSR count). The summed E-state index contributed by atoms with van der Waals surface area (Å²) >= 11 is 6.40. The van der Waals surface area contributed by atoms with Crippen LogP contribution < -0.4 is 0 Å². The fraction of sp³-hybridized carbons (Fsp3) is 0.148. The van der Waals surface area contributed by atoms with Crippen molar-refractivity contribution in [2.75, 3.05) is 0 Å². The van der Waals surface area contributed by atoms with Crippen molar-refractivity contribution in [3.05, 3.63) is 99.3 Å². The first-order valence-corrected chi connectivity index (χ1v) is 12.9. The van der Waals surface area contributed by atoms with Gasteiger partial charge in [0.05, 0.1) is 28.7 Å². The first-order chi connectivity index (χ1) is 19.0. The summed E-state index contributed by atoms with van der Waals surface area (Å²) in [6.45, 7) is -0.152. The molecule has 1 fully saturated rings. The maximum Gasteiger partial charge on any atom is 0.416 e. The number of carbonyl (C=O) groups is 3. The molecular formula is C27H18ClF3N4O4S. The summed E-state index contributed by atoms with van der Waals surface area (Å²) in [6.07, 6.45) is -0.297. The summed E-state index contributed by atoms with van der Waals surface area (Å²) in [4.78, 5) is 42.5. The van der Waals surface area contributed by atoms with Gasteiger partial charge in [0.2, 0.25) is 0 Å². The van der Waals surface area contributed by atoms with Crippen molar-refractivity contribution in [1.29, 1.82) is 0 Å². The minimum absolute atomic E-state index is 0.00154. The Hall–Kier alpha value is -4.16. The minimum atomic E-state index is -4.59. The average Bonchev–Trinajstić information content (AvgIpc) is 3.42. The number of hydrogen-bond acceptors (Lipinski definition) is 6. The van der Waals surface area contributed by atoms with Gasteiger partial charge in [0.15, 0.2) is 0 Å². The van der Waals surface area contributed by atoms with Crippen molar-refractivity contribution in [3.8, 4) is 0 Å². The van der Waals surface area contributed by atoms with Gasteiger partial charge in [0.25, 0.3) is 11.1 Å². The Morgan fingerprint density at radius 3 is 2.62 bits per heavy atom. The van der Waals surface area contributed by atoms with Gasteiger partial charge in [-0.05, 0) is 65.4 Å². The molecule has 1 atom stereocenters. The summed E-state index contributed by atoms with van der Waals surface area (Å²) in [7, 11) is 0. The number of carboxylic acid groups (broad SMARTS) is 1. The van der Waals surface area contributed by atoms with Gasteiger partial charge in [-0.25, -0.2) is 4.79 Å². The lowest BCUT2D eigenvalue weighted by molar-refractivity contribution is -0.145. The monoisotopic (exact) mass is 586 g/mol. The van der Waals surface area contributed by atoms with Gasteiger partial charge in [-0.15, -0.1) is 0 Å². The molecule has 1 aliphatic rings. The number of amides is 2. The van der Waals surface area contributed by atoms with E-state index in [1.54, 1.807) is 36.4 Å². The molecule has 0 bridgehead atoms. The Balaban J connectivity index is 1.39. The number of rotatable bonds is 7. The molecule has 0 spiro atoms. The van der Waals surface area contributed by atoms with Crippen LogP contribution in [0.4, 0.5) is 18.0 Å². The highest BCUT2D eigenvalue weighted by Gasteiger charge is 2.43. The largest absolute Gasteiger partial charge is 0.480 e. The van der Waals surface area contributed by atoms with E-state index >= 15 is 0 Å². The third kappa shape index (κ3) is 5.58. The lowest BCUT2D eigenvalue weighted by atomic mass is 10.1. The van der Waals surface area contributed by atoms with Crippen LogP contribution in [-0.2, 0) is 28.7 Å². The van der Waals surface area contributed by atoms with Crippen molar-refractivity contribution in [2.24, 2.45) is 0 Å². The second-order valence-corrected chi connectivity index (χ2v) is 10.3. The molecule has 1 saturated heterocycles. The molecule has 2 aromatic carbocycles. The van der Waals surface area contributed by atoms with Gasteiger partial charge in [0.1, 0.15) is 6.04 Å². The number of fused-ring (bicyclic) bond motifs is 1. The van der Waals surface area contributed by atoms with Gasteiger partial charge in [-0.2, -0.15) is 18.3 Å². The van der Waals surface area contributed by atoms with Crippen LogP contribution in [0.5, 0.6) is 0 Å². The van der Waals surface area contributed by atoms with E-state index in [0.717, 1.165) is 6.07 Å². The van der Waals surface area contributed by atoms with Gasteiger partial charge < -0.3 is 5.11 Å². The molecule has 204 valence electrons. The van der Waals surface area contributed by atoms with E-state index in [4.69, 9.17) is 11.6 Å². The van der Waals surface area contributed by atoms with E-state index in [1.807, 2.05) is 0 Å². The average molecular weight is 587 g/mol. The fourth-order valence-electron chi connectivity index (χ4n) is 4.34. The minimum Gasteiger partial charge on any atom is -0.480 e. The van der Waals surface area contributed by atoms with E-state index in [2.05, 4.69) is 10.1 Å². The lowest BCUT2D eigenvalue weighted by Gasteiger charge is -2.21. The second-order valence-electron chi connectivity index (χ2n) is 8.85. The van der Waals surface area contributed by atoms with E-state index in [0.29, 0.717) is 38.8 Å². The van der Waals surface area contributed by atoms with Crippen molar-refractivity contribution < 1.29 is 32.7 Å². The van der Waals surface area contributed by atoms with Gasteiger partial charge in [-0.1, -0.05) is 29.8 Å². The molecule has 8 nitrogen and oxygen atoms in total. The normalized spacial score (nSPS) is 15.8. The number of nitrogens with zero attached hydrogens (tertiary/aromatic N) is 4. The number of halogens is 4. The molecule has 40 heavy (non-hydrogen) atoms. The van der Waals surface area contributed by atoms with Gasteiger partial charge in [0, 0.05) is 28.7 Å². The molecule has 3 heterocycles. The third-order valence-corrected chi connectivity index (χ3v) is 7.33. The lowest BCUT2D eigenvalue weighted by Crippen LogP contribution is -2.45. The molecule has 0 saturated carbocycles. The third-order valence-electron chi connectivity index (χ3n) is 6.21. The van der Waals surface area contributed by atoms with E-state index < -0.39 is 34.9 Å². The van der Waals surface area contributed by atoms with Crippen LogP contribution in [0.15, 0.2) is 71.9 Å². The number of thioether (sulfide) groups is 1. The van der Waals surface area contributed by atoms with Crippen molar-refractivity contribution in [3.63, 3.8) is 0 Å².